The number of unbranched alkanes of at least 4 members (excludes halogenated alkanes) is 2. The van der Waals surface area contributed by atoms with Crippen LogP contribution in [0.3, 0.4) is 0 Å². The van der Waals surface area contributed by atoms with Gasteiger partial charge in [-0.05, 0) is 12.8 Å². The molecule has 0 unspecified atom stereocenters. The predicted molar refractivity (Wildman–Crippen MR) is 39.8 cm³/mol. The summed E-state index contributed by atoms with van der Waals surface area (Å²) < 4.78 is 0. The molecule has 0 aliphatic rings. The number of ketones is 1. The lowest BCUT2D eigenvalue weighted by Crippen LogP contribution is -1.97. The molecule has 0 N–H and O–H groups in total. The van der Waals surface area contributed by atoms with Crippen LogP contribution in [-0.4, -0.2) is 18.4 Å². The van der Waals surface area contributed by atoms with Crippen LogP contribution >= 0.6 is 0 Å². The van der Waals surface area contributed by atoms with E-state index in [2.05, 4.69) is 0 Å². The molecular formula is C8H11O3. The number of carbonyl (C=O) groups is 2. The first-order chi connectivity index (χ1) is 5.31. The van der Waals surface area contributed by atoms with E-state index in [4.69, 9.17) is 0 Å². The molecule has 0 aliphatic heterocycles. The van der Waals surface area contributed by atoms with Crippen LogP contribution in [0.25, 0.3) is 0 Å². The topological polar surface area (TPSA) is 51.2 Å². The highest BCUT2D eigenvalue weighted by Gasteiger charge is 1.99. The van der Waals surface area contributed by atoms with Crippen molar-refractivity contribution in [3.8, 4) is 0 Å². The Morgan fingerprint density at radius 3 is 2.64 bits per heavy atom. The summed E-state index contributed by atoms with van der Waals surface area (Å²) in [5.41, 5.74) is 0. The van der Waals surface area contributed by atoms with Gasteiger partial charge in [-0.2, -0.15) is 0 Å². The summed E-state index contributed by atoms with van der Waals surface area (Å²) in [6.07, 6.45) is 4.57. The Hall–Kier alpha value is -0.990. The number of hydrogen-bond acceptors (Lipinski definition) is 3. The van der Waals surface area contributed by atoms with Gasteiger partial charge in [-0.25, -0.2) is 0 Å². The second-order valence-corrected chi connectivity index (χ2v) is 2.27. The van der Waals surface area contributed by atoms with E-state index < -0.39 is 0 Å². The fourth-order valence-corrected chi connectivity index (χ4v) is 0.719. The van der Waals surface area contributed by atoms with E-state index in [0.717, 1.165) is 12.7 Å². The molecule has 0 spiro atoms. The molecule has 0 aromatic rings. The van der Waals surface area contributed by atoms with E-state index in [1.807, 2.05) is 0 Å². The quantitative estimate of drug-likeness (QED) is 0.310. The van der Waals surface area contributed by atoms with Crippen molar-refractivity contribution in [2.45, 2.75) is 32.1 Å². The average molecular weight is 155 g/mol. The van der Waals surface area contributed by atoms with Gasteiger partial charge in [0.15, 0.2) is 0 Å². The summed E-state index contributed by atoms with van der Waals surface area (Å²) in [5.74, 6) is -0.0918. The second kappa shape index (κ2) is 7.12. The van der Waals surface area contributed by atoms with Crippen molar-refractivity contribution in [1.29, 1.82) is 0 Å². The number of rotatable bonds is 7. The Morgan fingerprint density at radius 2 is 2.09 bits per heavy atom. The molecule has 0 heterocycles. The zero-order chi connectivity index (χ0) is 8.53. The SMILES string of the molecule is O=[C]CC(=O)CCCCC=O. The first-order valence-electron chi connectivity index (χ1n) is 3.61. The van der Waals surface area contributed by atoms with Crippen LogP contribution in [0.4, 0.5) is 0 Å². The van der Waals surface area contributed by atoms with Crippen LogP contribution in [0.15, 0.2) is 0 Å². The molecule has 0 fully saturated rings. The van der Waals surface area contributed by atoms with Gasteiger partial charge in [0, 0.05) is 12.8 Å². The molecule has 3 nitrogen and oxygen atoms in total. The van der Waals surface area contributed by atoms with E-state index in [1.54, 1.807) is 0 Å². The number of hydrogen-bond donors (Lipinski definition) is 0. The highest BCUT2D eigenvalue weighted by atomic mass is 16.1. The molecule has 0 amide bonds. The Kier molecular flexibility index (Phi) is 6.48. The maximum atomic E-state index is 10.7. The van der Waals surface area contributed by atoms with Crippen LogP contribution in [-0.2, 0) is 14.4 Å². The van der Waals surface area contributed by atoms with Gasteiger partial charge in [-0.15, -0.1) is 0 Å². The Balaban J connectivity index is 3.16. The standard InChI is InChI=1S/C8H11O3/c9-6-3-1-2-4-8(11)5-7-10/h6H,1-5H2. The maximum absolute atomic E-state index is 10.7. The molecular weight excluding hydrogens is 144 g/mol. The highest BCUT2D eigenvalue weighted by Crippen LogP contribution is 1.99. The Bertz CT molecular complexity index is 140. The minimum Gasteiger partial charge on any atom is -0.303 e. The van der Waals surface area contributed by atoms with Gasteiger partial charge in [0.05, 0.1) is 6.42 Å². The monoisotopic (exact) mass is 155 g/mol. The van der Waals surface area contributed by atoms with Gasteiger partial charge < -0.3 is 4.79 Å². The molecule has 0 saturated heterocycles. The lowest BCUT2D eigenvalue weighted by Gasteiger charge is -1.92. The molecule has 61 valence electrons. The average Bonchev–Trinajstić information content (AvgIpc) is 1.99. The fourth-order valence-electron chi connectivity index (χ4n) is 0.719. The van der Waals surface area contributed by atoms with Crippen LogP contribution in [0.5, 0.6) is 0 Å². The van der Waals surface area contributed by atoms with Crippen molar-refractivity contribution in [2.75, 3.05) is 0 Å². The highest BCUT2D eigenvalue weighted by molar-refractivity contribution is 5.89. The first-order valence-corrected chi connectivity index (χ1v) is 3.61. The largest absolute Gasteiger partial charge is 0.303 e. The molecule has 0 aliphatic carbocycles. The normalized spacial score (nSPS) is 9.09. The molecule has 0 saturated carbocycles. The second-order valence-electron chi connectivity index (χ2n) is 2.27. The van der Waals surface area contributed by atoms with Gasteiger partial charge in [0.1, 0.15) is 12.1 Å². The van der Waals surface area contributed by atoms with Gasteiger partial charge in [-0.1, -0.05) is 0 Å². The molecule has 0 atom stereocenters. The van der Waals surface area contributed by atoms with E-state index in [0.29, 0.717) is 19.3 Å². The molecule has 0 bridgehead atoms. The Morgan fingerprint density at radius 1 is 1.36 bits per heavy atom. The first kappa shape index (κ1) is 10.0. The van der Waals surface area contributed by atoms with Crippen LogP contribution < -0.4 is 0 Å². The summed E-state index contributed by atoms with van der Waals surface area (Å²) in [6.45, 7) is 0. The van der Waals surface area contributed by atoms with Crippen LogP contribution in [0.2, 0.25) is 0 Å². The van der Waals surface area contributed by atoms with E-state index in [-0.39, 0.29) is 12.2 Å². The molecule has 0 rings (SSSR count). The number of Topliss-reactive ketones (excluding diaryl/α,β-unsaturated/α-hetero) is 1. The fraction of sp³-hybridized carbons (Fsp3) is 0.625. The van der Waals surface area contributed by atoms with E-state index in [1.165, 1.54) is 6.29 Å². The number of carbonyl (C=O) groups excluding carboxylic acids is 3. The zero-order valence-electron chi connectivity index (χ0n) is 6.34. The van der Waals surface area contributed by atoms with Crippen molar-refractivity contribution in [1.82, 2.24) is 0 Å². The maximum Gasteiger partial charge on any atom is 0.206 e. The molecule has 0 aromatic carbocycles. The van der Waals surface area contributed by atoms with Gasteiger partial charge in [0.2, 0.25) is 6.29 Å². The predicted octanol–water partition coefficient (Wildman–Crippen LogP) is 0.815. The third-order valence-corrected chi connectivity index (χ3v) is 1.30. The Labute approximate surface area is 65.8 Å². The van der Waals surface area contributed by atoms with Crippen molar-refractivity contribution < 1.29 is 14.4 Å². The lowest BCUT2D eigenvalue weighted by atomic mass is 10.1. The smallest absolute Gasteiger partial charge is 0.206 e. The summed E-state index contributed by atoms with van der Waals surface area (Å²) in [7, 11) is 0. The minimum atomic E-state index is -0.110. The molecule has 11 heavy (non-hydrogen) atoms. The summed E-state index contributed by atoms with van der Waals surface area (Å²) in [6, 6.07) is 0. The van der Waals surface area contributed by atoms with Gasteiger partial charge in [0.25, 0.3) is 0 Å². The van der Waals surface area contributed by atoms with Crippen molar-refractivity contribution in [3.63, 3.8) is 0 Å². The van der Waals surface area contributed by atoms with Crippen LogP contribution in [0.1, 0.15) is 32.1 Å². The van der Waals surface area contributed by atoms with E-state index >= 15 is 0 Å². The molecule has 0 aromatic heterocycles. The molecule has 3 heteroatoms. The van der Waals surface area contributed by atoms with Crippen molar-refractivity contribution in [3.05, 3.63) is 0 Å². The van der Waals surface area contributed by atoms with Crippen LogP contribution in [0, 0.1) is 0 Å². The number of aldehydes is 1. The summed E-state index contributed by atoms with van der Waals surface area (Å²) in [5, 5.41) is 0. The third kappa shape index (κ3) is 6.90. The lowest BCUT2D eigenvalue weighted by molar-refractivity contribution is -0.118. The van der Waals surface area contributed by atoms with Crippen molar-refractivity contribution in [2.24, 2.45) is 0 Å². The minimum absolute atomic E-state index is 0.0918. The third-order valence-electron chi connectivity index (χ3n) is 1.30. The zero-order valence-corrected chi connectivity index (χ0v) is 6.34. The molecule has 1 radical (unpaired) electrons. The van der Waals surface area contributed by atoms with E-state index in [9.17, 15) is 14.4 Å². The van der Waals surface area contributed by atoms with Crippen molar-refractivity contribution >= 4 is 18.4 Å². The van der Waals surface area contributed by atoms with Gasteiger partial charge in [-0.3, -0.25) is 9.59 Å². The summed E-state index contributed by atoms with van der Waals surface area (Å²) in [4.78, 5) is 30.2. The summed E-state index contributed by atoms with van der Waals surface area (Å²) >= 11 is 0. The van der Waals surface area contributed by atoms with Gasteiger partial charge >= 0.3 is 0 Å².